The van der Waals surface area contributed by atoms with Crippen LogP contribution in [0, 0.1) is 10.1 Å². The molecule has 0 aliphatic heterocycles. The topological polar surface area (TPSA) is 347 Å². The van der Waals surface area contributed by atoms with Crippen LogP contribution in [0.25, 0.3) is 0 Å². The molecule has 0 saturated carbocycles. The first-order chi connectivity index (χ1) is 1.73. The van der Waals surface area contributed by atoms with Crippen molar-refractivity contribution in [3.8, 4) is 0 Å². The molecule has 0 aromatic rings. The number of hydrogen-bond donors (Lipinski definition) is 1. The first-order valence-electron chi connectivity index (χ1n) is 0.565. The Hall–Kier alpha value is -0.0561. The van der Waals surface area contributed by atoms with E-state index in [1.807, 2.05) is 0 Å². The number of nitrogens with zero attached hydrogens (tertiary/aromatic N) is 1. The standard InChI is InChI=1S/HNO3.9H2O.Y/c2-1(3)4;;;;;;;;;;/h(H,2,3,4);9*1H2;. The fourth-order valence-corrected chi connectivity index (χ4v) is 0. The molecule has 0 aliphatic rings. The Labute approximate surface area is 102 Å². The van der Waals surface area contributed by atoms with Crippen LogP contribution in [-0.4, -0.2) is 59.6 Å². The van der Waals surface area contributed by atoms with Gasteiger partial charge in [0.15, 0.2) is 0 Å². The van der Waals surface area contributed by atoms with E-state index in [-0.39, 0.29) is 82.0 Å². The maximum Gasteiger partial charge on any atom is 0.291 e. The van der Waals surface area contributed by atoms with Gasteiger partial charge in [0.2, 0.25) is 0 Å². The molecule has 14 heteroatoms. The summed E-state index contributed by atoms with van der Waals surface area (Å²) in [5, 5.41) is 13.6. The molecular formula is H19NO12Y. The van der Waals surface area contributed by atoms with Crippen LogP contribution in [0.5, 0.6) is 0 Å². The summed E-state index contributed by atoms with van der Waals surface area (Å²) >= 11 is 0. The van der Waals surface area contributed by atoms with Gasteiger partial charge in [-0.2, -0.15) is 0 Å². The van der Waals surface area contributed by atoms with Gasteiger partial charge in [-0.25, -0.2) is 0 Å². The molecule has 0 saturated heterocycles. The summed E-state index contributed by atoms with van der Waals surface area (Å²) < 4.78 is 0. The third-order valence-corrected chi connectivity index (χ3v) is 0. The predicted octanol–water partition coefficient (Wildman–Crippen LogP) is -7.77. The first kappa shape index (κ1) is 270. The molecule has 0 aromatic carbocycles. The molecule has 0 atom stereocenters. The summed E-state index contributed by atoms with van der Waals surface area (Å²) in [6.07, 6.45) is 0. The fourth-order valence-electron chi connectivity index (χ4n) is 0. The molecule has 99 valence electrons. The minimum Gasteiger partial charge on any atom is -0.412 e. The summed E-state index contributed by atoms with van der Waals surface area (Å²) in [4.78, 5) is 8.36. The van der Waals surface area contributed by atoms with Crippen LogP contribution in [0.3, 0.4) is 0 Å². The Balaban J connectivity index is -0.000000001000. The average Bonchev–Trinajstić information content (AvgIpc) is 0.811. The Morgan fingerprint density at radius 2 is 0.714 bits per heavy atom. The van der Waals surface area contributed by atoms with Gasteiger partial charge in [0.1, 0.15) is 0 Å². The van der Waals surface area contributed by atoms with Crippen LogP contribution in [-0.2, 0) is 32.7 Å². The molecule has 0 aliphatic carbocycles. The van der Waals surface area contributed by atoms with Crippen LogP contribution in [0.4, 0.5) is 0 Å². The van der Waals surface area contributed by atoms with Crippen molar-refractivity contribution in [2.45, 2.75) is 0 Å². The second kappa shape index (κ2) is 213. The normalized spacial score (nSPS) is 1.71. The van der Waals surface area contributed by atoms with Crippen molar-refractivity contribution in [2.24, 2.45) is 0 Å². The molecule has 13 nitrogen and oxygen atoms in total. The molecule has 14 heavy (non-hydrogen) atoms. The molecule has 0 heterocycles. The van der Waals surface area contributed by atoms with Gasteiger partial charge in [-0.05, 0) is 0 Å². The van der Waals surface area contributed by atoms with Gasteiger partial charge >= 0.3 is 0 Å². The van der Waals surface area contributed by atoms with Crippen molar-refractivity contribution in [1.82, 2.24) is 0 Å². The van der Waals surface area contributed by atoms with Crippen molar-refractivity contribution >= 4 is 0 Å². The molecular weight excluding hydrogens is 295 g/mol. The van der Waals surface area contributed by atoms with E-state index in [1.165, 1.54) is 0 Å². The third-order valence-electron chi connectivity index (χ3n) is 0. The number of hydrogen-bond acceptors (Lipinski definition) is 2. The minimum atomic E-state index is -1.50. The van der Waals surface area contributed by atoms with E-state index in [0.29, 0.717) is 0 Å². The molecule has 0 rings (SSSR count). The smallest absolute Gasteiger partial charge is 0.291 e. The van der Waals surface area contributed by atoms with Crippen LogP contribution in [0.15, 0.2) is 0 Å². The first-order valence-corrected chi connectivity index (χ1v) is 0.565. The maximum atomic E-state index is 8.36. The Morgan fingerprint density at radius 1 is 0.714 bits per heavy atom. The zero-order chi connectivity index (χ0) is 3.58. The molecule has 19 N–H and O–H groups in total. The van der Waals surface area contributed by atoms with E-state index in [1.54, 1.807) is 0 Å². The van der Waals surface area contributed by atoms with Crippen LogP contribution >= 0.6 is 0 Å². The van der Waals surface area contributed by atoms with Crippen molar-refractivity contribution in [3.05, 3.63) is 10.1 Å². The second-order valence-corrected chi connectivity index (χ2v) is 0.238. The molecule has 0 aromatic heterocycles. The molecule has 0 bridgehead atoms. The van der Waals surface area contributed by atoms with Gasteiger partial charge in [-0.3, -0.25) is 0 Å². The second-order valence-electron chi connectivity index (χ2n) is 0.238. The quantitative estimate of drug-likeness (QED) is 0.336. The molecule has 1 radical (unpaired) electrons. The summed E-state index contributed by atoms with van der Waals surface area (Å²) in [5.74, 6) is 0. The summed E-state index contributed by atoms with van der Waals surface area (Å²) in [6, 6.07) is 0. The predicted molar refractivity (Wildman–Crippen MR) is 41.3 cm³/mol. The van der Waals surface area contributed by atoms with E-state index in [2.05, 4.69) is 0 Å². The van der Waals surface area contributed by atoms with E-state index < -0.39 is 5.09 Å². The summed E-state index contributed by atoms with van der Waals surface area (Å²) in [5.41, 5.74) is 0. The van der Waals surface area contributed by atoms with Gasteiger partial charge in [-0.15, -0.1) is 10.1 Å². The van der Waals surface area contributed by atoms with Gasteiger partial charge in [-0.1, -0.05) is 0 Å². The monoisotopic (exact) mass is 314 g/mol. The Kier molecular flexibility index (Phi) is 4100. The minimum absolute atomic E-state index is 0. The summed E-state index contributed by atoms with van der Waals surface area (Å²) in [7, 11) is 0. The van der Waals surface area contributed by atoms with Crippen molar-refractivity contribution < 1.29 is 92.3 Å². The van der Waals surface area contributed by atoms with E-state index in [0.717, 1.165) is 0 Å². The molecule has 0 unspecified atom stereocenters. The van der Waals surface area contributed by atoms with Crippen LogP contribution in [0.1, 0.15) is 0 Å². The van der Waals surface area contributed by atoms with E-state index in [4.69, 9.17) is 15.3 Å². The Bertz CT molecular complexity index is 33.3. The SMILES string of the molecule is O.O.O.O.O.O.O.O.O.O=[N+]([O-])O.[Y]. The molecule has 0 fully saturated rings. The summed E-state index contributed by atoms with van der Waals surface area (Å²) in [6.45, 7) is 0. The third kappa shape index (κ3) is 454000. The zero-order valence-corrected chi connectivity index (χ0v) is 9.63. The maximum absolute atomic E-state index is 8.36. The van der Waals surface area contributed by atoms with Gasteiger partial charge < -0.3 is 54.5 Å². The Morgan fingerprint density at radius 3 is 0.714 bits per heavy atom. The molecule has 0 amide bonds. The fraction of sp³-hybridized carbons (Fsp3) is 0. The van der Waals surface area contributed by atoms with Crippen molar-refractivity contribution in [3.63, 3.8) is 0 Å². The van der Waals surface area contributed by atoms with Gasteiger partial charge in [0, 0.05) is 32.7 Å². The van der Waals surface area contributed by atoms with E-state index in [9.17, 15) is 0 Å². The van der Waals surface area contributed by atoms with Gasteiger partial charge in [0.25, 0.3) is 5.09 Å². The number of rotatable bonds is 0. The van der Waals surface area contributed by atoms with Crippen LogP contribution in [0.2, 0.25) is 0 Å². The zero-order valence-electron chi connectivity index (χ0n) is 6.79. The van der Waals surface area contributed by atoms with Crippen molar-refractivity contribution in [1.29, 1.82) is 0 Å². The average molecular weight is 314 g/mol. The molecule has 0 spiro atoms. The van der Waals surface area contributed by atoms with Crippen LogP contribution < -0.4 is 0 Å². The largest absolute Gasteiger partial charge is 0.412 e. The van der Waals surface area contributed by atoms with Gasteiger partial charge in [0.05, 0.1) is 0 Å². The van der Waals surface area contributed by atoms with E-state index >= 15 is 0 Å². The van der Waals surface area contributed by atoms with Crippen molar-refractivity contribution in [2.75, 3.05) is 0 Å².